The average Bonchev–Trinajstić information content (AvgIpc) is 3.09. The maximum absolute atomic E-state index is 13.4. The molecule has 1 saturated heterocycles. The first-order chi connectivity index (χ1) is 16.4. The summed E-state index contributed by atoms with van der Waals surface area (Å²) in [5, 5.41) is 11.3. The molecule has 0 saturated carbocycles. The molecule has 1 fully saturated rings. The standard InChI is InChI=1S/C27H22FNO5/c1-16-3-2-4-18(13-16)24-23(25(30)19-7-10-21-22(14-19)34-12-11-33-21)26(31)27(32)29(24)15-17-5-8-20(28)9-6-17/h2-10,13-14,24,30H,11-12,15H2,1H3/b25-23-. The molecule has 2 aliphatic rings. The van der Waals surface area contributed by atoms with Crippen LogP contribution >= 0.6 is 0 Å². The number of aliphatic hydroxyl groups is 1. The second kappa shape index (κ2) is 8.67. The minimum atomic E-state index is -0.807. The number of hydrogen-bond acceptors (Lipinski definition) is 5. The van der Waals surface area contributed by atoms with Crippen LogP contribution in [0, 0.1) is 12.7 Å². The largest absolute Gasteiger partial charge is 0.507 e. The molecule has 172 valence electrons. The number of aryl methyl sites for hydroxylation is 1. The van der Waals surface area contributed by atoms with Crippen molar-refractivity contribution in [3.8, 4) is 11.5 Å². The Balaban J connectivity index is 1.63. The molecule has 1 amide bonds. The third-order valence-electron chi connectivity index (χ3n) is 5.98. The third-order valence-corrected chi connectivity index (χ3v) is 5.98. The number of nitrogens with zero attached hydrogens (tertiary/aromatic N) is 1. The molecule has 0 bridgehead atoms. The summed E-state index contributed by atoms with van der Waals surface area (Å²) < 4.78 is 24.6. The van der Waals surface area contributed by atoms with Crippen LogP contribution in [0.1, 0.15) is 28.3 Å². The maximum Gasteiger partial charge on any atom is 0.295 e. The predicted molar refractivity (Wildman–Crippen MR) is 123 cm³/mol. The minimum Gasteiger partial charge on any atom is -0.507 e. The highest BCUT2D eigenvalue weighted by Gasteiger charge is 2.46. The van der Waals surface area contributed by atoms with Crippen molar-refractivity contribution in [1.82, 2.24) is 4.90 Å². The molecule has 1 N–H and O–H groups in total. The van der Waals surface area contributed by atoms with Gasteiger partial charge in [-0.15, -0.1) is 0 Å². The van der Waals surface area contributed by atoms with Crippen LogP contribution in [0.5, 0.6) is 11.5 Å². The Morgan fingerprint density at radius 2 is 1.74 bits per heavy atom. The van der Waals surface area contributed by atoms with E-state index in [-0.39, 0.29) is 23.7 Å². The number of hydrogen-bond donors (Lipinski definition) is 1. The van der Waals surface area contributed by atoms with Crippen LogP contribution in [0.15, 0.2) is 72.3 Å². The van der Waals surface area contributed by atoms with Gasteiger partial charge in [0.15, 0.2) is 11.5 Å². The lowest BCUT2D eigenvalue weighted by atomic mass is 9.94. The van der Waals surface area contributed by atoms with E-state index in [4.69, 9.17) is 9.47 Å². The molecule has 5 rings (SSSR count). The summed E-state index contributed by atoms with van der Waals surface area (Å²) in [6, 6.07) is 17.3. The molecule has 3 aromatic rings. The number of Topliss-reactive ketones (excluding diaryl/α,β-unsaturated/α-hetero) is 1. The summed E-state index contributed by atoms with van der Waals surface area (Å²) in [5.41, 5.74) is 2.65. The molecule has 0 spiro atoms. The molecular formula is C27H22FNO5. The average molecular weight is 459 g/mol. The molecule has 0 aromatic heterocycles. The van der Waals surface area contributed by atoms with E-state index in [1.165, 1.54) is 17.0 Å². The number of ketones is 1. The molecule has 1 unspecified atom stereocenters. The summed E-state index contributed by atoms with van der Waals surface area (Å²) in [7, 11) is 0. The highest BCUT2D eigenvalue weighted by atomic mass is 19.1. The highest BCUT2D eigenvalue weighted by Crippen LogP contribution is 2.42. The first kappa shape index (κ1) is 21.7. The first-order valence-corrected chi connectivity index (χ1v) is 10.9. The lowest BCUT2D eigenvalue weighted by molar-refractivity contribution is -0.140. The Hall–Kier alpha value is -4.13. The number of aliphatic hydroxyl groups excluding tert-OH is 1. The fraction of sp³-hybridized carbons (Fsp3) is 0.185. The van der Waals surface area contributed by atoms with Gasteiger partial charge in [0.05, 0.1) is 11.6 Å². The van der Waals surface area contributed by atoms with Crippen LogP contribution in [0.25, 0.3) is 5.76 Å². The van der Waals surface area contributed by atoms with Gasteiger partial charge in [0.25, 0.3) is 11.7 Å². The first-order valence-electron chi connectivity index (χ1n) is 10.9. The van der Waals surface area contributed by atoms with E-state index in [2.05, 4.69) is 0 Å². The third kappa shape index (κ3) is 3.90. The van der Waals surface area contributed by atoms with Gasteiger partial charge >= 0.3 is 0 Å². The SMILES string of the molecule is Cc1cccc(C2/C(=C(/O)c3ccc4c(c3)OCCO4)C(=O)C(=O)N2Cc2ccc(F)cc2)c1. The van der Waals surface area contributed by atoms with Crippen LogP contribution in [0.4, 0.5) is 4.39 Å². The fourth-order valence-electron chi connectivity index (χ4n) is 4.36. The van der Waals surface area contributed by atoms with Gasteiger partial charge in [-0.3, -0.25) is 9.59 Å². The van der Waals surface area contributed by atoms with E-state index >= 15 is 0 Å². The van der Waals surface area contributed by atoms with Crippen molar-refractivity contribution in [1.29, 1.82) is 0 Å². The van der Waals surface area contributed by atoms with Crippen molar-refractivity contribution in [3.05, 3.63) is 100 Å². The Bertz CT molecular complexity index is 1310. The van der Waals surface area contributed by atoms with Gasteiger partial charge < -0.3 is 19.5 Å². The summed E-state index contributed by atoms with van der Waals surface area (Å²) in [5.74, 6) is -1.17. The molecule has 1 atom stereocenters. The lowest BCUT2D eigenvalue weighted by Crippen LogP contribution is -2.29. The number of amides is 1. The zero-order valence-corrected chi connectivity index (χ0v) is 18.5. The Morgan fingerprint density at radius 1 is 1.00 bits per heavy atom. The van der Waals surface area contributed by atoms with Crippen molar-refractivity contribution >= 4 is 17.4 Å². The van der Waals surface area contributed by atoms with Gasteiger partial charge in [0.2, 0.25) is 0 Å². The summed E-state index contributed by atoms with van der Waals surface area (Å²) >= 11 is 0. The summed E-state index contributed by atoms with van der Waals surface area (Å²) in [6.45, 7) is 2.81. The van der Waals surface area contributed by atoms with Crippen LogP contribution < -0.4 is 9.47 Å². The van der Waals surface area contributed by atoms with Crippen LogP contribution in [-0.4, -0.2) is 34.9 Å². The van der Waals surface area contributed by atoms with E-state index in [0.717, 1.165) is 5.56 Å². The van der Waals surface area contributed by atoms with E-state index in [1.807, 2.05) is 31.2 Å². The Morgan fingerprint density at radius 3 is 2.47 bits per heavy atom. The summed E-state index contributed by atoms with van der Waals surface area (Å²) in [4.78, 5) is 27.8. The molecule has 0 aliphatic carbocycles. The number of carbonyl (C=O) groups is 2. The predicted octanol–water partition coefficient (Wildman–Crippen LogP) is 4.53. The summed E-state index contributed by atoms with van der Waals surface area (Å²) in [6.07, 6.45) is 0. The van der Waals surface area contributed by atoms with Crippen molar-refractivity contribution in [2.24, 2.45) is 0 Å². The van der Waals surface area contributed by atoms with Crippen LogP contribution in [0.2, 0.25) is 0 Å². The fourth-order valence-corrected chi connectivity index (χ4v) is 4.36. The van der Waals surface area contributed by atoms with Crippen molar-refractivity contribution in [3.63, 3.8) is 0 Å². The molecule has 34 heavy (non-hydrogen) atoms. The number of rotatable bonds is 4. The zero-order chi connectivity index (χ0) is 23.8. The number of likely N-dealkylation sites (tertiary alicyclic amines) is 1. The Labute approximate surface area is 195 Å². The topological polar surface area (TPSA) is 76.1 Å². The number of benzene rings is 3. The number of fused-ring (bicyclic) bond motifs is 1. The number of carbonyl (C=O) groups excluding carboxylic acids is 2. The van der Waals surface area contributed by atoms with Crippen LogP contribution in [-0.2, 0) is 16.1 Å². The van der Waals surface area contributed by atoms with Gasteiger partial charge in [-0.25, -0.2) is 4.39 Å². The zero-order valence-electron chi connectivity index (χ0n) is 18.5. The number of halogens is 1. The van der Waals surface area contributed by atoms with Crippen molar-refractivity contribution in [2.45, 2.75) is 19.5 Å². The molecule has 3 aromatic carbocycles. The van der Waals surface area contributed by atoms with Gasteiger partial charge in [-0.1, -0.05) is 42.0 Å². The monoisotopic (exact) mass is 459 g/mol. The normalized spacial score (nSPS) is 18.9. The van der Waals surface area contributed by atoms with Crippen molar-refractivity contribution in [2.75, 3.05) is 13.2 Å². The number of ether oxygens (including phenoxy) is 2. The van der Waals surface area contributed by atoms with Gasteiger partial charge in [0, 0.05) is 12.1 Å². The second-order valence-corrected chi connectivity index (χ2v) is 8.33. The highest BCUT2D eigenvalue weighted by molar-refractivity contribution is 6.46. The van der Waals surface area contributed by atoms with Crippen molar-refractivity contribution < 1.29 is 28.6 Å². The van der Waals surface area contributed by atoms with Crippen LogP contribution in [0.3, 0.4) is 0 Å². The smallest absolute Gasteiger partial charge is 0.295 e. The van der Waals surface area contributed by atoms with E-state index in [1.54, 1.807) is 30.3 Å². The molecule has 7 heteroatoms. The molecule has 2 heterocycles. The molecule has 2 aliphatic heterocycles. The second-order valence-electron chi connectivity index (χ2n) is 8.33. The van der Waals surface area contributed by atoms with Gasteiger partial charge in [-0.2, -0.15) is 0 Å². The minimum absolute atomic E-state index is 0.00519. The maximum atomic E-state index is 13.4. The molecular weight excluding hydrogens is 437 g/mol. The Kier molecular flexibility index (Phi) is 5.53. The lowest BCUT2D eigenvalue weighted by Gasteiger charge is -2.26. The van der Waals surface area contributed by atoms with Gasteiger partial charge in [0.1, 0.15) is 24.8 Å². The van der Waals surface area contributed by atoms with E-state index in [9.17, 15) is 19.1 Å². The molecule has 0 radical (unpaired) electrons. The molecule has 6 nitrogen and oxygen atoms in total. The van der Waals surface area contributed by atoms with E-state index in [0.29, 0.717) is 41.4 Å². The van der Waals surface area contributed by atoms with Gasteiger partial charge in [-0.05, 0) is 48.4 Å². The van der Waals surface area contributed by atoms with E-state index < -0.39 is 17.7 Å². The quantitative estimate of drug-likeness (QED) is 0.353.